The average Bonchev–Trinajstić information content (AvgIpc) is 2.78. The average molecular weight is 310 g/mol. The van der Waals surface area contributed by atoms with Crippen LogP contribution in [-0.2, 0) is 0 Å². The topological polar surface area (TPSA) is 47.0 Å². The number of hydrogen-bond acceptors (Lipinski definition) is 3. The summed E-state index contributed by atoms with van der Waals surface area (Å²) in [4.78, 5) is 17.6. The van der Waals surface area contributed by atoms with E-state index in [0.717, 1.165) is 19.5 Å². The van der Waals surface area contributed by atoms with E-state index in [9.17, 15) is 9.90 Å². The van der Waals surface area contributed by atoms with Crippen LogP contribution in [0, 0.1) is 0 Å². The Bertz CT molecular complexity index is 580. The molecular weight excluding hydrogens is 290 g/mol. The summed E-state index contributed by atoms with van der Waals surface area (Å²) in [7, 11) is 2.14. The molecule has 0 radical (unpaired) electrons. The van der Waals surface area contributed by atoms with Crippen LogP contribution < -0.4 is 9.80 Å². The number of anilines is 2. The molecule has 1 fully saturated rings. The Morgan fingerprint density at radius 3 is 2.86 bits per heavy atom. The Labute approximate surface area is 130 Å². The van der Waals surface area contributed by atoms with Crippen LogP contribution in [0.15, 0.2) is 18.2 Å². The Kier molecular flexibility index (Phi) is 3.40. The van der Waals surface area contributed by atoms with E-state index in [1.807, 2.05) is 0 Å². The zero-order valence-corrected chi connectivity index (χ0v) is 12.8. The van der Waals surface area contributed by atoms with Gasteiger partial charge in [-0.1, -0.05) is 12.1 Å². The number of piperidine rings is 1. The molecule has 4 rings (SSSR count). The lowest BCUT2D eigenvalue weighted by Gasteiger charge is -2.41. The number of para-hydroxylation sites is 1. The van der Waals surface area contributed by atoms with Crippen molar-refractivity contribution in [1.29, 1.82) is 0 Å². The minimum Gasteiger partial charge on any atom is -0.465 e. The molecule has 0 spiro atoms. The summed E-state index contributed by atoms with van der Waals surface area (Å²) in [5.74, 6) is 0.335. The van der Waals surface area contributed by atoms with Crippen LogP contribution in [0.4, 0.5) is 16.2 Å². The predicted octanol–water partition coefficient (Wildman–Crippen LogP) is 2.21. The number of carbonyl (C=O) groups is 1. The van der Waals surface area contributed by atoms with Gasteiger partial charge < -0.3 is 19.8 Å². The first-order chi connectivity index (χ1) is 9.66. The molecule has 5 nitrogen and oxygen atoms in total. The normalized spacial score (nSPS) is 26.0. The van der Waals surface area contributed by atoms with Gasteiger partial charge in [0.25, 0.3) is 0 Å². The van der Waals surface area contributed by atoms with E-state index in [-0.39, 0.29) is 12.4 Å². The predicted molar refractivity (Wildman–Crippen MR) is 85.0 cm³/mol. The second-order valence-corrected chi connectivity index (χ2v) is 6.02. The van der Waals surface area contributed by atoms with Crippen molar-refractivity contribution in [1.82, 2.24) is 4.90 Å². The molecule has 3 aliphatic heterocycles. The summed E-state index contributed by atoms with van der Waals surface area (Å²) in [5, 5.41) is 9.24. The number of likely N-dealkylation sites (tertiary alicyclic amines) is 1. The number of hydrogen-bond donors (Lipinski definition) is 1. The maximum atomic E-state index is 11.2. The van der Waals surface area contributed by atoms with Gasteiger partial charge in [0.1, 0.15) is 0 Å². The molecule has 6 heteroatoms. The Hall–Kier alpha value is -1.62. The number of likely N-dealkylation sites (N-methyl/N-ethyl adjacent to an activating group) is 1. The SMILES string of the molecule is CN1CCN2c3c(cccc31)[C@@H]1CN(C(=O)O)CC[C@@H]12.Cl. The smallest absolute Gasteiger partial charge is 0.407 e. The van der Waals surface area contributed by atoms with Crippen LogP contribution in [0.3, 0.4) is 0 Å². The molecule has 0 aromatic heterocycles. The Morgan fingerprint density at radius 2 is 2.10 bits per heavy atom. The zero-order valence-electron chi connectivity index (χ0n) is 12.0. The van der Waals surface area contributed by atoms with Crippen molar-refractivity contribution in [2.24, 2.45) is 0 Å². The second kappa shape index (κ2) is 4.98. The first-order valence-corrected chi connectivity index (χ1v) is 7.25. The van der Waals surface area contributed by atoms with Crippen LogP contribution in [0.25, 0.3) is 0 Å². The fourth-order valence-electron chi connectivity index (χ4n) is 4.08. The van der Waals surface area contributed by atoms with Crippen LogP contribution in [0.2, 0.25) is 0 Å². The minimum atomic E-state index is -0.786. The van der Waals surface area contributed by atoms with Crippen LogP contribution in [0.5, 0.6) is 0 Å². The third kappa shape index (κ3) is 1.94. The molecule has 1 saturated heterocycles. The van der Waals surface area contributed by atoms with Crippen LogP contribution >= 0.6 is 12.4 Å². The quantitative estimate of drug-likeness (QED) is 0.798. The summed E-state index contributed by atoms with van der Waals surface area (Å²) < 4.78 is 0. The van der Waals surface area contributed by atoms with Gasteiger partial charge in [-0.05, 0) is 18.1 Å². The van der Waals surface area contributed by atoms with E-state index < -0.39 is 6.09 Å². The highest BCUT2D eigenvalue weighted by molar-refractivity contribution is 5.85. The highest BCUT2D eigenvalue weighted by Gasteiger charge is 2.45. The van der Waals surface area contributed by atoms with Crippen molar-refractivity contribution >= 4 is 29.9 Å². The molecule has 21 heavy (non-hydrogen) atoms. The lowest BCUT2D eigenvalue weighted by molar-refractivity contribution is 0.127. The van der Waals surface area contributed by atoms with Crippen molar-refractivity contribution in [2.75, 3.05) is 43.0 Å². The van der Waals surface area contributed by atoms with E-state index in [2.05, 4.69) is 35.0 Å². The van der Waals surface area contributed by atoms with Gasteiger partial charge in [0.05, 0.1) is 11.4 Å². The third-order valence-electron chi connectivity index (χ3n) is 5.07. The summed E-state index contributed by atoms with van der Waals surface area (Å²) in [6.07, 6.45) is 0.154. The van der Waals surface area contributed by atoms with E-state index in [0.29, 0.717) is 25.0 Å². The third-order valence-corrected chi connectivity index (χ3v) is 5.07. The van der Waals surface area contributed by atoms with E-state index in [1.54, 1.807) is 4.90 Å². The van der Waals surface area contributed by atoms with Gasteiger partial charge >= 0.3 is 6.09 Å². The molecule has 0 aliphatic carbocycles. The van der Waals surface area contributed by atoms with Crippen molar-refractivity contribution in [3.63, 3.8) is 0 Å². The largest absolute Gasteiger partial charge is 0.465 e. The van der Waals surface area contributed by atoms with Crippen LogP contribution in [0.1, 0.15) is 17.9 Å². The van der Waals surface area contributed by atoms with Crippen molar-refractivity contribution < 1.29 is 9.90 Å². The van der Waals surface area contributed by atoms with Crippen LogP contribution in [-0.4, -0.2) is 55.4 Å². The lowest BCUT2D eigenvalue weighted by Crippen LogP contribution is -2.50. The van der Waals surface area contributed by atoms with Crippen molar-refractivity contribution in [3.05, 3.63) is 23.8 Å². The van der Waals surface area contributed by atoms with Gasteiger partial charge in [0.2, 0.25) is 0 Å². The van der Waals surface area contributed by atoms with Gasteiger partial charge in [0, 0.05) is 45.2 Å². The monoisotopic (exact) mass is 309 g/mol. The molecule has 114 valence electrons. The molecule has 0 saturated carbocycles. The number of benzene rings is 1. The molecule has 3 aliphatic rings. The molecule has 1 N–H and O–H groups in total. The molecule has 1 aromatic carbocycles. The highest BCUT2D eigenvalue weighted by atomic mass is 35.5. The zero-order chi connectivity index (χ0) is 13.9. The fraction of sp³-hybridized carbons (Fsp3) is 0.533. The molecule has 0 bridgehead atoms. The fourth-order valence-corrected chi connectivity index (χ4v) is 4.08. The van der Waals surface area contributed by atoms with Crippen molar-refractivity contribution in [2.45, 2.75) is 18.4 Å². The van der Waals surface area contributed by atoms with Gasteiger partial charge in [0.15, 0.2) is 0 Å². The van der Waals surface area contributed by atoms with E-state index in [4.69, 9.17) is 0 Å². The molecular formula is C15H20ClN3O2. The Morgan fingerprint density at radius 1 is 1.29 bits per heavy atom. The molecule has 3 heterocycles. The Balaban J connectivity index is 0.00000132. The van der Waals surface area contributed by atoms with Gasteiger partial charge in [-0.15, -0.1) is 12.4 Å². The maximum Gasteiger partial charge on any atom is 0.407 e. The number of amides is 1. The van der Waals surface area contributed by atoms with Gasteiger partial charge in [-0.2, -0.15) is 0 Å². The van der Waals surface area contributed by atoms with Gasteiger partial charge in [-0.25, -0.2) is 4.79 Å². The minimum absolute atomic E-state index is 0. The summed E-state index contributed by atoms with van der Waals surface area (Å²) in [5.41, 5.74) is 3.98. The number of halogens is 1. The molecule has 1 aromatic rings. The number of nitrogens with zero attached hydrogens (tertiary/aromatic N) is 3. The maximum absolute atomic E-state index is 11.2. The van der Waals surface area contributed by atoms with E-state index >= 15 is 0 Å². The second-order valence-electron chi connectivity index (χ2n) is 6.02. The number of rotatable bonds is 0. The first kappa shape index (κ1) is 14.3. The van der Waals surface area contributed by atoms with Crippen molar-refractivity contribution in [3.8, 4) is 0 Å². The number of fused-ring (bicyclic) bond motifs is 3. The lowest BCUT2D eigenvalue weighted by atomic mass is 9.89. The van der Waals surface area contributed by atoms with Gasteiger partial charge in [-0.3, -0.25) is 0 Å². The summed E-state index contributed by atoms with van der Waals surface area (Å²) >= 11 is 0. The highest BCUT2D eigenvalue weighted by Crippen LogP contribution is 2.50. The summed E-state index contributed by atoms with van der Waals surface area (Å²) in [6.45, 7) is 3.39. The molecule has 0 unspecified atom stereocenters. The first-order valence-electron chi connectivity index (χ1n) is 7.25. The van der Waals surface area contributed by atoms with E-state index in [1.165, 1.54) is 16.9 Å². The standard InChI is InChI=1S/C15H19N3O2.ClH/c1-16-7-8-18-12-5-6-17(15(19)20)9-11(12)10-3-2-4-13(16)14(10)18;/h2-4,11-12H,5-9H2,1H3,(H,19,20);1H/t11-,12-;/m0./s1. The summed E-state index contributed by atoms with van der Waals surface area (Å²) in [6, 6.07) is 6.95. The molecule has 1 amide bonds. The molecule has 2 atom stereocenters. The number of carboxylic acid groups (broad SMARTS) is 1.